The number of rotatable bonds is 4. The lowest BCUT2D eigenvalue weighted by atomic mass is 9.95. The molecule has 5 nitrogen and oxygen atoms in total. The van der Waals surface area contributed by atoms with Crippen LogP contribution >= 0.6 is 0 Å². The quantitative estimate of drug-likeness (QED) is 0.713. The lowest BCUT2D eigenvalue weighted by Gasteiger charge is -2.22. The summed E-state index contributed by atoms with van der Waals surface area (Å²) in [5, 5.41) is 8.77. The summed E-state index contributed by atoms with van der Waals surface area (Å²) in [6.45, 7) is 3.94. The predicted octanol–water partition coefficient (Wildman–Crippen LogP) is 5.01. The summed E-state index contributed by atoms with van der Waals surface area (Å²) in [4.78, 5) is 24.6. The topological polar surface area (TPSA) is 70.2 Å². The van der Waals surface area contributed by atoms with Gasteiger partial charge in [-0.15, -0.1) is 0 Å². The number of hydrogen-bond acceptors (Lipinski definition) is 2. The molecule has 3 amide bonds. The van der Waals surface area contributed by atoms with Gasteiger partial charge in [0.05, 0.1) is 0 Å². The Bertz CT molecular complexity index is 809. The zero-order valence-corrected chi connectivity index (χ0v) is 16.0. The van der Waals surface area contributed by atoms with E-state index in [9.17, 15) is 9.59 Å². The molecule has 1 saturated carbocycles. The van der Waals surface area contributed by atoms with Crippen LogP contribution in [-0.4, -0.2) is 18.0 Å². The maximum absolute atomic E-state index is 12.3. The number of aryl methyl sites for hydroxylation is 2. The first kappa shape index (κ1) is 19.0. The van der Waals surface area contributed by atoms with Crippen LogP contribution in [0.3, 0.4) is 0 Å². The van der Waals surface area contributed by atoms with Crippen molar-refractivity contribution in [1.29, 1.82) is 0 Å². The molecule has 0 heterocycles. The first-order valence-corrected chi connectivity index (χ1v) is 9.57. The lowest BCUT2D eigenvalue weighted by Crippen LogP contribution is -2.36. The number of urea groups is 1. The number of carbonyl (C=O) groups excluding carboxylic acids is 2. The van der Waals surface area contributed by atoms with E-state index in [1.54, 1.807) is 24.3 Å². The molecule has 3 N–H and O–H groups in total. The smallest absolute Gasteiger partial charge is 0.323 e. The van der Waals surface area contributed by atoms with Crippen molar-refractivity contribution in [2.75, 3.05) is 10.6 Å². The van der Waals surface area contributed by atoms with Gasteiger partial charge < -0.3 is 16.0 Å². The van der Waals surface area contributed by atoms with Gasteiger partial charge in [-0.2, -0.15) is 0 Å². The van der Waals surface area contributed by atoms with Gasteiger partial charge in [0.1, 0.15) is 0 Å². The predicted molar refractivity (Wildman–Crippen MR) is 109 cm³/mol. The largest absolute Gasteiger partial charge is 0.349 e. The molecular weight excluding hydrogens is 338 g/mol. The number of nitrogens with one attached hydrogen (secondary N) is 3. The average Bonchev–Trinajstić information content (AvgIpc) is 2.66. The van der Waals surface area contributed by atoms with Gasteiger partial charge in [-0.3, -0.25) is 4.79 Å². The first-order chi connectivity index (χ1) is 13.0. The van der Waals surface area contributed by atoms with Crippen molar-refractivity contribution in [2.24, 2.45) is 0 Å². The first-order valence-electron chi connectivity index (χ1n) is 9.57. The zero-order chi connectivity index (χ0) is 19.2. The molecule has 0 saturated heterocycles. The Morgan fingerprint density at radius 1 is 0.889 bits per heavy atom. The van der Waals surface area contributed by atoms with E-state index < -0.39 is 0 Å². The fraction of sp³-hybridized carbons (Fsp3) is 0.364. The summed E-state index contributed by atoms with van der Waals surface area (Å²) >= 11 is 0. The van der Waals surface area contributed by atoms with Crippen LogP contribution in [0.1, 0.15) is 53.6 Å². The standard InChI is InChI=1S/C22H27N3O2/c1-15-8-9-16(2)20(14-15)25-22(27)24-19-12-10-17(11-13-19)21(26)23-18-6-4-3-5-7-18/h8-14,18H,3-7H2,1-2H3,(H,23,26)(H2,24,25,27). The van der Waals surface area contributed by atoms with E-state index in [-0.39, 0.29) is 18.0 Å². The third-order valence-corrected chi connectivity index (χ3v) is 4.99. The Morgan fingerprint density at radius 2 is 1.59 bits per heavy atom. The number of benzene rings is 2. The van der Waals surface area contributed by atoms with Crippen molar-refractivity contribution in [3.63, 3.8) is 0 Å². The summed E-state index contributed by atoms with van der Waals surface area (Å²) in [5.74, 6) is -0.0479. The van der Waals surface area contributed by atoms with E-state index >= 15 is 0 Å². The van der Waals surface area contributed by atoms with Crippen LogP contribution < -0.4 is 16.0 Å². The summed E-state index contributed by atoms with van der Waals surface area (Å²) in [5.41, 5.74) is 4.14. The molecule has 1 aliphatic carbocycles. The second-order valence-corrected chi connectivity index (χ2v) is 7.28. The van der Waals surface area contributed by atoms with Crippen LogP contribution in [0.15, 0.2) is 42.5 Å². The molecule has 0 bridgehead atoms. The van der Waals surface area contributed by atoms with Crippen LogP contribution in [0.4, 0.5) is 16.2 Å². The van der Waals surface area contributed by atoms with Crippen molar-refractivity contribution in [1.82, 2.24) is 5.32 Å². The van der Waals surface area contributed by atoms with Crippen LogP contribution in [-0.2, 0) is 0 Å². The highest BCUT2D eigenvalue weighted by Crippen LogP contribution is 2.19. The molecule has 0 spiro atoms. The van der Waals surface area contributed by atoms with Crippen molar-refractivity contribution >= 4 is 23.3 Å². The van der Waals surface area contributed by atoms with E-state index in [1.165, 1.54) is 19.3 Å². The third kappa shape index (κ3) is 5.33. The second kappa shape index (κ2) is 8.71. The van der Waals surface area contributed by atoms with Crippen LogP contribution in [0.25, 0.3) is 0 Å². The number of carbonyl (C=O) groups is 2. The van der Waals surface area contributed by atoms with E-state index in [0.29, 0.717) is 11.3 Å². The fourth-order valence-electron chi connectivity index (χ4n) is 3.38. The summed E-state index contributed by atoms with van der Waals surface area (Å²) in [7, 11) is 0. The molecule has 142 valence electrons. The van der Waals surface area contributed by atoms with Gasteiger partial charge in [0.15, 0.2) is 0 Å². The molecule has 27 heavy (non-hydrogen) atoms. The fourth-order valence-corrected chi connectivity index (χ4v) is 3.38. The molecule has 0 aromatic heterocycles. The Morgan fingerprint density at radius 3 is 2.30 bits per heavy atom. The van der Waals surface area contributed by atoms with Crippen molar-refractivity contribution in [3.8, 4) is 0 Å². The Kier molecular flexibility index (Phi) is 6.12. The third-order valence-electron chi connectivity index (χ3n) is 4.99. The van der Waals surface area contributed by atoms with Gasteiger partial charge in [0.2, 0.25) is 0 Å². The van der Waals surface area contributed by atoms with Gasteiger partial charge in [-0.1, -0.05) is 31.4 Å². The minimum Gasteiger partial charge on any atom is -0.349 e. The van der Waals surface area contributed by atoms with Gasteiger partial charge in [0.25, 0.3) is 5.91 Å². The Labute approximate surface area is 160 Å². The van der Waals surface area contributed by atoms with Crippen LogP contribution in [0.5, 0.6) is 0 Å². The number of hydrogen-bond donors (Lipinski definition) is 3. The van der Waals surface area contributed by atoms with E-state index in [0.717, 1.165) is 29.7 Å². The average molecular weight is 365 g/mol. The monoisotopic (exact) mass is 365 g/mol. The summed E-state index contributed by atoms with van der Waals surface area (Å²) in [6.07, 6.45) is 5.75. The molecular formula is C22H27N3O2. The molecule has 5 heteroatoms. The lowest BCUT2D eigenvalue weighted by molar-refractivity contribution is 0.0927. The van der Waals surface area contributed by atoms with E-state index in [1.807, 2.05) is 32.0 Å². The normalized spacial score (nSPS) is 14.4. The Balaban J connectivity index is 1.55. The molecule has 2 aromatic rings. The SMILES string of the molecule is Cc1ccc(C)c(NC(=O)Nc2ccc(C(=O)NC3CCCCC3)cc2)c1. The maximum atomic E-state index is 12.3. The van der Waals surface area contributed by atoms with E-state index in [4.69, 9.17) is 0 Å². The van der Waals surface area contributed by atoms with Gasteiger partial charge in [-0.25, -0.2) is 4.79 Å². The van der Waals surface area contributed by atoms with Gasteiger partial charge >= 0.3 is 6.03 Å². The highest BCUT2D eigenvalue weighted by molar-refractivity contribution is 6.01. The van der Waals surface area contributed by atoms with Crippen LogP contribution in [0, 0.1) is 13.8 Å². The number of amides is 3. The highest BCUT2D eigenvalue weighted by Gasteiger charge is 2.16. The van der Waals surface area contributed by atoms with Gasteiger partial charge in [0, 0.05) is 23.0 Å². The maximum Gasteiger partial charge on any atom is 0.323 e. The Hall–Kier alpha value is -2.82. The molecule has 0 unspecified atom stereocenters. The second-order valence-electron chi connectivity index (χ2n) is 7.28. The zero-order valence-electron chi connectivity index (χ0n) is 16.0. The van der Waals surface area contributed by atoms with Gasteiger partial charge in [-0.05, 0) is 68.1 Å². The summed E-state index contributed by atoms with van der Waals surface area (Å²) < 4.78 is 0. The van der Waals surface area contributed by atoms with Crippen molar-refractivity contribution in [3.05, 3.63) is 59.2 Å². The number of anilines is 2. The molecule has 1 fully saturated rings. The molecule has 3 rings (SSSR count). The molecule has 0 atom stereocenters. The molecule has 0 radical (unpaired) electrons. The molecule has 2 aromatic carbocycles. The molecule has 1 aliphatic rings. The minimum absolute atomic E-state index is 0.0479. The van der Waals surface area contributed by atoms with Crippen LogP contribution in [0.2, 0.25) is 0 Å². The highest BCUT2D eigenvalue weighted by atomic mass is 16.2. The van der Waals surface area contributed by atoms with Crippen molar-refractivity contribution in [2.45, 2.75) is 52.0 Å². The van der Waals surface area contributed by atoms with Crippen molar-refractivity contribution < 1.29 is 9.59 Å². The summed E-state index contributed by atoms with van der Waals surface area (Å²) in [6, 6.07) is 12.9. The molecule has 0 aliphatic heterocycles. The van der Waals surface area contributed by atoms with E-state index in [2.05, 4.69) is 16.0 Å². The minimum atomic E-state index is -0.303.